The van der Waals surface area contributed by atoms with E-state index in [0.29, 0.717) is 18.4 Å². The lowest BCUT2D eigenvalue weighted by Gasteiger charge is -2.17. The first-order valence-corrected chi connectivity index (χ1v) is 6.98. The molecule has 0 radical (unpaired) electrons. The zero-order valence-electron chi connectivity index (χ0n) is 11.1. The minimum atomic E-state index is 0.154. The molecule has 0 heterocycles. The maximum Gasteiger partial charge on any atom is 0.228 e. The number of amides is 1. The van der Waals surface area contributed by atoms with Crippen LogP contribution in [-0.4, -0.2) is 12.5 Å². The van der Waals surface area contributed by atoms with Gasteiger partial charge in [-0.25, -0.2) is 0 Å². The van der Waals surface area contributed by atoms with E-state index < -0.39 is 0 Å². The zero-order valence-corrected chi connectivity index (χ0v) is 11.1. The van der Waals surface area contributed by atoms with Crippen molar-refractivity contribution in [1.82, 2.24) is 0 Å². The van der Waals surface area contributed by atoms with Crippen LogP contribution in [0, 0.1) is 17.8 Å². The summed E-state index contributed by atoms with van der Waals surface area (Å²) in [6, 6.07) is 7.57. The number of benzene rings is 1. The first-order chi connectivity index (χ1) is 9.26. The molecule has 1 fully saturated rings. The van der Waals surface area contributed by atoms with Gasteiger partial charge in [0.15, 0.2) is 0 Å². The van der Waals surface area contributed by atoms with Crippen LogP contribution in [0.1, 0.15) is 19.8 Å². The Morgan fingerprint density at radius 3 is 2.63 bits per heavy atom. The topological polar surface area (TPSA) is 38.3 Å². The zero-order chi connectivity index (χ0) is 13.2. The number of rotatable bonds is 4. The van der Waals surface area contributed by atoms with Crippen molar-refractivity contribution >= 4 is 11.6 Å². The minimum absolute atomic E-state index is 0.154. The second-order valence-electron chi connectivity index (χ2n) is 5.33. The van der Waals surface area contributed by atoms with Crippen LogP contribution in [0.3, 0.4) is 0 Å². The molecule has 2 bridgehead atoms. The number of hydrogen-bond donors (Lipinski definition) is 1. The molecule has 1 saturated carbocycles. The van der Waals surface area contributed by atoms with Crippen LogP contribution < -0.4 is 10.1 Å². The molecular formula is C16H19NO2. The Morgan fingerprint density at radius 1 is 1.26 bits per heavy atom. The quantitative estimate of drug-likeness (QED) is 0.841. The molecule has 0 aromatic heterocycles. The van der Waals surface area contributed by atoms with Gasteiger partial charge >= 0.3 is 0 Å². The van der Waals surface area contributed by atoms with Crippen molar-refractivity contribution < 1.29 is 9.53 Å². The molecule has 19 heavy (non-hydrogen) atoms. The number of hydrogen-bond acceptors (Lipinski definition) is 2. The van der Waals surface area contributed by atoms with Crippen molar-refractivity contribution in [1.29, 1.82) is 0 Å². The number of carbonyl (C=O) groups is 1. The van der Waals surface area contributed by atoms with E-state index in [0.717, 1.165) is 24.3 Å². The fourth-order valence-corrected chi connectivity index (χ4v) is 3.12. The SMILES string of the molecule is CCOc1ccc(NC(=O)C2CC3C=CC2C3)cc1. The summed E-state index contributed by atoms with van der Waals surface area (Å²) in [5.41, 5.74) is 0.847. The van der Waals surface area contributed by atoms with Crippen molar-refractivity contribution in [2.75, 3.05) is 11.9 Å². The monoisotopic (exact) mass is 257 g/mol. The van der Waals surface area contributed by atoms with Gasteiger partial charge in [0.1, 0.15) is 5.75 Å². The molecule has 1 N–H and O–H groups in total. The highest BCUT2D eigenvalue weighted by atomic mass is 16.5. The van der Waals surface area contributed by atoms with Gasteiger partial charge in [-0.3, -0.25) is 4.79 Å². The molecular weight excluding hydrogens is 238 g/mol. The molecule has 1 amide bonds. The average molecular weight is 257 g/mol. The Hall–Kier alpha value is -1.77. The summed E-state index contributed by atoms with van der Waals surface area (Å²) in [5.74, 6) is 2.22. The van der Waals surface area contributed by atoms with Crippen molar-refractivity contribution in [3.63, 3.8) is 0 Å². The Kier molecular flexibility index (Phi) is 3.28. The maximum absolute atomic E-state index is 12.2. The van der Waals surface area contributed by atoms with Gasteiger partial charge in [0.05, 0.1) is 6.61 Å². The number of allylic oxidation sites excluding steroid dienone is 2. The Balaban J connectivity index is 1.61. The Labute approximate surface area is 113 Å². The van der Waals surface area contributed by atoms with E-state index in [1.54, 1.807) is 0 Å². The Bertz CT molecular complexity index is 492. The van der Waals surface area contributed by atoms with Crippen molar-refractivity contribution in [3.05, 3.63) is 36.4 Å². The standard InChI is InChI=1S/C16H19NO2/c1-2-19-14-7-5-13(6-8-14)17-16(18)15-10-11-3-4-12(15)9-11/h3-8,11-12,15H,2,9-10H2,1H3,(H,17,18). The van der Waals surface area contributed by atoms with E-state index in [1.807, 2.05) is 31.2 Å². The lowest BCUT2D eigenvalue weighted by atomic mass is 9.93. The fourth-order valence-electron chi connectivity index (χ4n) is 3.12. The summed E-state index contributed by atoms with van der Waals surface area (Å²) >= 11 is 0. The van der Waals surface area contributed by atoms with E-state index >= 15 is 0 Å². The molecule has 100 valence electrons. The molecule has 3 atom stereocenters. The van der Waals surface area contributed by atoms with Crippen LogP contribution in [0.25, 0.3) is 0 Å². The average Bonchev–Trinajstić information content (AvgIpc) is 3.04. The molecule has 0 spiro atoms. The summed E-state index contributed by atoms with van der Waals surface area (Å²) in [4.78, 5) is 12.2. The third-order valence-electron chi connectivity index (χ3n) is 4.05. The molecule has 3 unspecified atom stereocenters. The van der Waals surface area contributed by atoms with Crippen molar-refractivity contribution in [2.24, 2.45) is 17.8 Å². The number of anilines is 1. The van der Waals surface area contributed by atoms with Crippen LogP contribution in [0.15, 0.2) is 36.4 Å². The van der Waals surface area contributed by atoms with Crippen LogP contribution in [0.2, 0.25) is 0 Å². The molecule has 3 nitrogen and oxygen atoms in total. The second kappa shape index (κ2) is 5.08. The van der Waals surface area contributed by atoms with Gasteiger partial charge < -0.3 is 10.1 Å². The van der Waals surface area contributed by atoms with E-state index in [4.69, 9.17) is 4.74 Å². The van der Waals surface area contributed by atoms with E-state index in [2.05, 4.69) is 17.5 Å². The van der Waals surface area contributed by atoms with Gasteiger partial charge in [-0.1, -0.05) is 12.2 Å². The van der Waals surface area contributed by atoms with Crippen LogP contribution >= 0.6 is 0 Å². The summed E-state index contributed by atoms with van der Waals surface area (Å²) in [7, 11) is 0. The number of fused-ring (bicyclic) bond motifs is 2. The Morgan fingerprint density at radius 2 is 2.05 bits per heavy atom. The molecule has 1 aromatic carbocycles. The highest BCUT2D eigenvalue weighted by Gasteiger charge is 2.39. The van der Waals surface area contributed by atoms with Crippen LogP contribution in [0.5, 0.6) is 5.75 Å². The van der Waals surface area contributed by atoms with Gasteiger partial charge in [0.25, 0.3) is 0 Å². The molecule has 0 aliphatic heterocycles. The number of nitrogens with one attached hydrogen (secondary N) is 1. The van der Waals surface area contributed by atoms with Crippen LogP contribution in [0.4, 0.5) is 5.69 Å². The summed E-state index contributed by atoms with van der Waals surface area (Å²) in [5, 5.41) is 3.01. The fraction of sp³-hybridized carbons (Fsp3) is 0.438. The van der Waals surface area contributed by atoms with Crippen LogP contribution in [-0.2, 0) is 4.79 Å². The number of ether oxygens (including phenoxy) is 1. The van der Waals surface area contributed by atoms with Gasteiger partial charge in [0, 0.05) is 11.6 Å². The first kappa shape index (κ1) is 12.3. The van der Waals surface area contributed by atoms with E-state index in [1.165, 1.54) is 0 Å². The molecule has 1 aromatic rings. The van der Waals surface area contributed by atoms with Gasteiger partial charge in [-0.05, 0) is 55.9 Å². The van der Waals surface area contributed by atoms with E-state index in [-0.39, 0.29) is 11.8 Å². The maximum atomic E-state index is 12.2. The predicted octanol–water partition coefficient (Wildman–Crippen LogP) is 3.24. The van der Waals surface area contributed by atoms with Crippen molar-refractivity contribution in [3.8, 4) is 5.75 Å². The van der Waals surface area contributed by atoms with Gasteiger partial charge in [0.2, 0.25) is 5.91 Å². The second-order valence-corrected chi connectivity index (χ2v) is 5.33. The van der Waals surface area contributed by atoms with Crippen molar-refractivity contribution in [2.45, 2.75) is 19.8 Å². The lowest BCUT2D eigenvalue weighted by Crippen LogP contribution is -2.25. The predicted molar refractivity (Wildman–Crippen MR) is 75.1 cm³/mol. The third kappa shape index (κ3) is 2.50. The third-order valence-corrected chi connectivity index (χ3v) is 4.05. The highest BCUT2D eigenvalue weighted by Crippen LogP contribution is 2.43. The highest BCUT2D eigenvalue weighted by molar-refractivity contribution is 5.93. The summed E-state index contributed by atoms with van der Waals surface area (Å²) < 4.78 is 5.38. The summed E-state index contributed by atoms with van der Waals surface area (Å²) in [6.07, 6.45) is 6.62. The smallest absolute Gasteiger partial charge is 0.228 e. The summed E-state index contributed by atoms with van der Waals surface area (Å²) in [6.45, 7) is 2.61. The number of carbonyl (C=O) groups excluding carboxylic acids is 1. The molecule has 0 saturated heterocycles. The van der Waals surface area contributed by atoms with Gasteiger partial charge in [-0.15, -0.1) is 0 Å². The molecule has 2 aliphatic rings. The van der Waals surface area contributed by atoms with E-state index in [9.17, 15) is 4.79 Å². The largest absolute Gasteiger partial charge is 0.494 e. The minimum Gasteiger partial charge on any atom is -0.494 e. The lowest BCUT2D eigenvalue weighted by molar-refractivity contribution is -0.120. The molecule has 3 heteroatoms. The van der Waals surface area contributed by atoms with Gasteiger partial charge in [-0.2, -0.15) is 0 Å². The normalized spacial score (nSPS) is 27.5. The molecule has 3 rings (SSSR count). The first-order valence-electron chi connectivity index (χ1n) is 6.98. The molecule has 2 aliphatic carbocycles.